The van der Waals surface area contributed by atoms with Crippen molar-refractivity contribution in [3.05, 3.63) is 78.6 Å². The van der Waals surface area contributed by atoms with Crippen LogP contribution in [0.1, 0.15) is 5.56 Å². The maximum atomic E-state index is 13.0. The predicted molar refractivity (Wildman–Crippen MR) is 103 cm³/mol. The van der Waals surface area contributed by atoms with Gasteiger partial charge in [0, 0.05) is 23.5 Å². The average molecular weight is 363 g/mol. The highest BCUT2D eigenvalue weighted by molar-refractivity contribution is 7.90. The number of rotatable bonds is 3. The fraction of sp³-hybridized carbons (Fsp3) is 0.0500. The SMILES string of the molecule is Cc1cc(-c2ccnc3c2ccn3S(=O)(=O)c2ccccc2)ccc1N. The Morgan fingerprint density at radius 2 is 1.77 bits per heavy atom. The normalized spacial score (nSPS) is 11.7. The van der Waals surface area contributed by atoms with Crippen LogP contribution in [0.15, 0.2) is 78.0 Å². The van der Waals surface area contributed by atoms with Gasteiger partial charge in [0.2, 0.25) is 0 Å². The van der Waals surface area contributed by atoms with Crippen molar-refractivity contribution in [2.45, 2.75) is 11.8 Å². The Morgan fingerprint density at radius 3 is 2.50 bits per heavy atom. The number of nitrogens with two attached hydrogens (primary N) is 1. The fourth-order valence-corrected chi connectivity index (χ4v) is 4.33. The van der Waals surface area contributed by atoms with Gasteiger partial charge in [0.25, 0.3) is 10.0 Å². The lowest BCUT2D eigenvalue weighted by molar-refractivity contribution is 0.589. The van der Waals surface area contributed by atoms with E-state index in [9.17, 15) is 8.42 Å². The second-order valence-corrected chi connectivity index (χ2v) is 7.91. The summed E-state index contributed by atoms with van der Waals surface area (Å²) in [6.07, 6.45) is 3.17. The van der Waals surface area contributed by atoms with Crippen LogP contribution in [0.3, 0.4) is 0 Å². The maximum Gasteiger partial charge on any atom is 0.269 e. The molecular formula is C20H17N3O2S. The molecule has 6 heteroatoms. The first-order valence-corrected chi connectivity index (χ1v) is 9.56. The third kappa shape index (κ3) is 2.55. The number of nitrogens with zero attached hydrogens (tertiary/aromatic N) is 2. The van der Waals surface area contributed by atoms with Gasteiger partial charge >= 0.3 is 0 Å². The van der Waals surface area contributed by atoms with Gasteiger partial charge in [-0.1, -0.05) is 24.3 Å². The van der Waals surface area contributed by atoms with Crippen LogP contribution in [0.5, 0.6) is 0 Å². The molecule has 0 saturated carbocycles. The van der Waals surface area contributed by atoms with Gasteiger partial charge in [-0.25, -0.2) is 17.4 Å². The zero-order chi connectivity index (χ0) is 18.3. The first-order valence-electron chi connectivity index (χ1n) is 8.12. The van der Waals surface area contributed by atoms with Gasteiger partial charge in [-0.15, -0.1) is 0 Å². The van der Waals surface area contributed by atoms with Crippen molar-refractivity contribution in [1.82, 2.24) is 8.96 Å². The molecule has 0 bridgehead atoms. The molecule has 2 aromatic heterocycles. The van der Waals surface area contributed by atoms with E-state index >= 15 is 0 Å². The topological polar surface area (TPSA) is 78.0 Å². The second-order valence-electron chi connectivity index (χ2n) is 6.10. The molecule has 0 spiro atoms. The third-order valence-corrected chi connectivity index (χ3v) is 6.12. The molecule has 0 amide bonds. The molecule has 0 radical (unpaired) electrons. The summed E-state index contributed by atoms with van der Waals surface area (Å²) in [5, 5.41) is 0.774. The number of nitrogen functional groups attached to an aromatic ring is 1. The van der Waals surface area contributed by atoms with Crippen molar-refractivity contribution in [3.8, 4) is 11.1 Å². The van der Waals surface area contributed by atoms with Gasteiger partial charge in [-0.2, -0.15) is 0 Å². The lowest BCUT2D eigenvalue weighted by Gasteiger charge is -2.09. The molecule has 0 saturated heterocycles. The Kier molecular flexibility index (Phi) is 3.77. The number of aromatic nitrogens is 2. The Morgan fingerprint density at radius 1 is 1.00 bits per heavy atom. The van der Waals surface area contributed by atoms with Gasteiger partial charge in [0.15, 0.2) is 5.65 Å². The first-order chi connectivity index (χ1) is 12.5. The van der Waals surface area contributed by atoms with Crippen molar-refractivity contribution in [3.63, 3.8) is 0 Å². The van der Waals surface area contributed by atoms with Crippen LogP contribution in [-0.2, 0) is 10.0 Å². The van der Waals surface area contributed by atoms with E-state index < -0.39 is 10.0 Å². The van der Waals surface area contributed by atoms with Crippen LogP contribution < -0.4 is 5.73 Å². The standard InChI is InChI=1S/C20H17N3O2S/c1-14-13-15(7-8-19(14)21)17-9-11-22-20-18(17)10-12-23(20)26(24,25)16-5-3-2-4-6-16/h2-13H,21H2,1H3. The zero-order valence-electron chi connectivity index (χ0n) is 14.1. The van der Waals surface area contributed by atoms with Crippen molar-refractivity contribution < 1.29 is 8.42 Å². The second kappa shape index (κ2) is 6.00. The highest BCUT2D eigenvalue weighted by atomic mass is 32.2. The molecule has 2 N–H and O–H groups in total. The van der Waals surface area contributed by atoms with E-state index in [1.54, 1.807) is 48.8 Å². The van der Waals surface area contributed by atoms with Crippen molar-refractivity contribution >= 4 is 26.7 Å². The number of fused-ring (bicyclic) bond motifs is 1. The zero-order valence-corrected chi connectivity index (χ0v) is 14.9. The monoisotopic (exact) mass is 363 g/mol. The van der Waals surface area contributed by atoms with Crippen LogP contribution in [0.2, 0.25) is 0 Å². The van der Waals surface area contributed by atoms with Crippen LogP contribution >= 0.6 is 0 Å². The lowest BCUT2D eigenvalue weighted by atomic mass is 10.0. The predicted octanol–water partition coefficient (Wildman–Crippen LogP) is 3.83. The number of hydrogen-bond acceptors (Lipinski definition) is 4. The summed E-state index contributed by atoms with van der Waals surface area (Å²) in [6, 6.07) is 17.8. The van der Waals surface area contributed by atoms with E-state index in [2.05, 4.69) is 4.98 Å². The number of hydrogen-bond donors (Lipinski definition) is 1. The molecule has 0 atom stereocenters. The largest absolute Gasteiger partial charge is 0.399 e. The first kappa shape index (κ1) is 16.4. The van der Waals surface area contributed by atoms with E-state index in [1.807, 2.05) is 31.2 Å². The minimum atomic E-state index is -3.70. The molecule has 130 valence electrons. The number of pyridine rings is 1. The van der Waals surface area contributed by atoms with E-state index in [-0.39, 0.29) is 4.90 Å². The van der Waals surface area contributed by atoms with Crippen LogP contribution in [0, 0.1) is 6.92 Å². The quantitative estimate of drug-likeness (QED) is 0.561. The molecule has 0 aliphatic rings. The van der Waals surface area contributed by atoms with Crippen LogP contribution in [-0.4, -0.2) is 17.4 Å². The van der Waals surface area contributed by atoms with E-state index in [4.69, 9.17) is 5.73 Å². The van der Waals surface area contributed by atoms with Crippen LogP contribution in [0.25, 0.3) is 22.2 Å². The fourth-order valence-electron chi connectivity index (χ4n) is 3.01. The molecule has 0 unspecified atom stereocenters. The number of benzene rings is 2. The number of aryl methyl sites for hydroxylation is 1. The van der Waals surface area contributed by atoms with E-state index in [0.29, 0.717) is 5.65 Å². The molecule has 26 heavy (non-hydrogen) atoms. The molecule has 0 fully saturated rings. The van der Waals surface area contributed by atoms with Crippen molar-refractivity contribution in [1.29, 1.82) is 0 Å². The Labute approximate surface area is 151 Å². The minimum Gasteiger partial charge on any atom is -0.399 e. The summed E-state index contributed by atoms with van der Waals surface area (Å²) in [5.74, 6) is 0. The van der Waals surface area contributed by atoms with E-state index in [1.165, 1.54) is 3.97 Å². The smallest absolute Gasteiger partial charge is 0.269 e. The van der Waals surface area contributed by atoms with Crippen molar-refractivity contribution in [2.24, 2.45) is 0 Å². The van der Waals surface area contributed by atoms with Gasteiger partial charge < -0.3 is 5.73 Å². The van der Waals surface area contributed by atoms with Gasteiger partial charge in [-0.05, 0) is 60.0 Å². The number of anilines is 1. The summed E-state index contributed by atoms with van der Waals surface area (Å²) in [5.41, 5.74) is 9.90. The molecule has 4 aromatic rings. The molecule has 0 aliphatic heterocycles. The van der Waals surface area contributed by atoms with Crippen LogP contribution in [0.4, 0.5) is 5.69 Å². The summed E-state index contributed by atoms with van der Waals surface area (Å²) >= 11 is 0. The summed E-state index contributed by atoms with van der Waals surface area (Å²) < 4.78 is 27.2. The Bertz CT molecular complexity index is 1210. The van der Waals surface area contributed by atoms with Gasteiger partial charge in [-0.3, -0.25) is 0 Å². The average Bonchev–Trinajstić information content (AvgIpc) is 3.10. The minimum absolute atomic E-state index is 0.230. The molecule has 2 aromatic carbocycles. The summed E-state index contributed by atoms with van der Waals surface area (Å²) in [7, 11) is -3.70. The van der Waals surface area contributed by atoms with E-state index in [0.717, 1.165) is 27.8 Å². The molecule has 0 aliphatic carbocycles. The molecule has 5 nitrogen and oxygen atoms in total. The molecule has 4 rings (SSSR count). The Balaban J connectivity index is 1.92. The molecule has 2 heterocycles. The highest BCUT2D eigenvalue weighted by Gasteiger charge is 2.20. The summed E-state index contributed by atoms with van der Waals surface area (Å²) in [6.45, 7) is 1.95. The molecular weight excluding hydrogens is 346 g/mol. The third-order valence-electron chi connectivity index (χ3n) is 4.44. The Hall–Kier alpha value is -3.12. The maximum absolute atomic E-state index is 13.0. The van der Waals surface area contributed by atoms with Crippen molar-refractivity contribution in [2.75, 3.05) is 5.73 Å². The van der Waals surface area contributed by atoms with Gasteiger partial charge in [0.05, 0.1) is 4.90 Å². The van der Waals surface area contributed by atoms with Gasteiger partial charge in [0.1, 0.15) is 0 Å². The summed E-state index contributed by atoms with van der Waals surface area (Å²) in [4.78, 5) is 4.55. The lowest BCUT2D eigenvalue weighted by Crippen LogP contribution is -2.12. The highest BCUT2D eigenvalue weighted by Crippen LogP contribution is 2.31.